The van der Waals surface area contributed by atoms with Gasteiger partial charge in [0, 0.05) is 35.1 Å². The van der Waals surface area contributed by atoms with E-state index in [9.17, 15) is 4.79 Å². The summed E-state index contributed by atoms with van der Waals surface area (Å²) in [6.07, 6.45) is 6.54. The summed E-state index contributed by atoms with van der Waals surface area (Å²) in [7, 11) is 0. The lowest BCUT2D eigenvalue weighted by atomic mass is 10.1. The van der Waals surface area contributed by atoms with E-state index in [0.29, 0.717) is 5.65 Å². The lowest BCUT2D eigenvalue weighted by molar-refractivity contribution is 0.0696. The quantitative estimate of drug-likeness (QED) is 0.621. The molecule has 0 saturated carbocycles. The van der Waals surface area contributed by atoms with Gasteiger partial charge in [0.25, 0.3) is 0 Å². The number of hydrogen-bond donors (Lipinski definition) is 3. The number of fused-ring (bicyclic) bond motifs is 1. The van der Waals surface area contributed by atoms with E-state index in [0.717, 1.165) is 16.5 Å². The number of pyridine rings is 1. The minimum atomic E-state index is -0.987. The Hall–Kier alpha value is -2.63. The van der Waals surface area contributed by atoms with Crippen LogP contribution in [-0.4, -0.2) is 31.2 Å². The first kappa shape index (κ1) is 9.59. The molecule has 0 aliphatic rings. The number of carbonyl (C=O) groups is 1. The van der Waals surface area contributed by atoms with Crippen molar-refractivity contribution >= 4 is 17.0 Å². The van der Waals surface area contributed by atoms with Gasteiger partial charge in [-0.25, -0.2) is 9.78 Å². The molecule has 3 N–H and O–H groups in total. The zero-order valence-corrected chi connectivity index (χ0v) is 8.64. The Morgan fingerprint density at radius 1 is 1.29 bits per heavy atom. The number of nitrogens with one attached hydrogen (secondary N) is 2. The molecule has 0 aromatic carbocycles. The molecular formula is C11H8N4O2. The normalized spacial score (nSPS) is 10.8. The number of aromatic amines is 2. The van der Waals surface area contributed by atoms with Gasteiger partial charge in [0.05, 0.1) is 11.8 Å². The number of H-pyrrole nitrogens is 2. The Morgan fingerprint density at radius 2 is 2.18 bits per heavy atom. The van der Waals surface area contributed by atoms with Crippen LogP contribution in [0.25, 0.3) is 22.2 Å². The maximum Gasteiger partial charge on any atom is 0.337 e. The molecule has 6 nitrogen and oxygen atoms in total. The van der Waals surface area contributed by atoms with Crippen molar-refractivity contribution in [2.45, 2.75) is 0 Å². The third kappa shape index (κ3) is 1.46. The molecule has 0 aliphatic heterocycles. The van der Waals surface area contributed by atoms with Crippen LogP contribution in [0, 0.1) is 0 Å². The summed E-state index contributed by atoms with van der Waals surface area (Å²) >= 11 is 0. The van der Waals surface area contributed by atoms with Gasteiger partial charge in [-0.3, -0.25) is 5.10 Å². The summed E-state index contributed by atoms with van der Waals surface area (Å²) in [6, 6.07) is 1.60. The minimum absolute atomic E-state index is 0.168. The van der Waals surface area contributed by atoms with Crippen LogP contribution in [0.2, 0.25) is 0 Å². The monoisotopic (exact) mass is 228 g/mol. The second-order valence-corrected chi connectivity index (χ2v) is 3.61. The zero-order valence-electron chi connectivity index (χ0n) is 8.64. The standard InChI is InChI=1S/C11H8N4O2/c16-11(17)6-1-8-9(7-3-14-15-4-7)5-13-10(8)12-2-6/h1-5H,(H,12,13)(H,14,15)(H,16,17). The lowest BCUT2D eigenvalue weighted by Crippen LogP contribution is -1.96. The molecule has 3 aromatic heterocycles. The van der Waals surface area contributed by atoms with E-state index in [2.05, 4.69) is 20.2 Å². The number of nitrogens with zero attached hydrogens (tertiary/aromatic N) is 2. The fourth-order valence-electron chi connectivity index (χ4n) is 1.76. The van der Waals surface area contributed by atoms with E-state index in [-0.39, 0.29) is 5.56 Å². The number of aromatic carboxylic acids is 1. The maximum absolute atomic E-state index is 10.9. The molecule has 6 heteroatoms. The van der Waals surface area contributed by atoms with Gasteiger partial charge in [-0.15, -0.1) is 0 Å². The summed E-state index contributed by atoms with van der Waals surface area (Å²) < 4.78 is 0. The lowest BCUT2D eigenvalue weighted by Gasteiger charge is -1.96. The van der Waals surface area contributed by atoms with Crippen molar-refractivity contribution in [3.8, 4) is 11.1 Å². The van der Waals surface area contributed by atoms with Crippen LogP contribution in [0.15, 0.2) is 30.9 Å². The second-order valence-electron chi connectivity index (χ2n) is 3.61. The topological polar surface area (TPSA) is 94.7 Å². The van der Waals surface area contributed by atoms with Crippen molar-refractivity contribution in [1.82, 2.24) is 20.2 Å². The first-order valence-electron chi connectivity index (χ1n) is 4.95. The molecule has 0 bridgehead atoms. The van der Waals surface area contributed by atoms with Crippen LogP contribution in [-0.2, 0) is 0 Å². The van der Waals surface area contributed by atoms with Crippen LogP contribution in [0.5, 0.6) is 0 Å². The number of carboxylic acid groups (broad SMARTS) is 1. The van der Waals surface area contributed by atoms with E-state index in [1.807, 2.05) is 0 Å². The molecule has 0 saturated heterocycles. The molecular weight excluding hydrogens is 220 g/mol. The van der Waals surface area contributed by atoms with Gasteiger partial charge in [0.2, 0.25) is 0 Å². The van der Waals surface area contributed by atoms with Crippen molar-refractivity contribution in [2.75, 3.05) is 0 Å². The van der Waals surface area contributed by atoms with E-state index >= 15 is 0 Å². The van der Waals surface area contributed by atoms with E-state index in [1.165, 1.54) is 6.20 Å². The Bertz CT molecular complexity index is 685. The Kier molecular flexibility index (Phi) is 1.94. The molecule has 3 aromatic rings. The highest BCUT2D eigenvalue weighted by atomic mass is 16.4. The molecule has 3 rings (SSSR count). The highest BCUT2D eigenvalue weighted by Crippen LogP contribution is 2.27. The molecule has 0 fully saturated rings. The molecule has 0 spiro atoms. The Labute approximate surface area is 95.3 Å². The summed E-state index contributed by atoms with van der Waals surface area (Å²) in [5.41, 5.74) is 2.60. The zero-order chi connectivity index (χ0) is 11.8. The van der Waals surface area contributed by atoms with Crippen LogP contribution in [0.1, 0.15) is 10.4 Å². The predicted octanol–water partition coefficient (Wildman–Crippen LogP) is 1.65. The van der Waals surface area contributed by atoms with Crippen molar-refractivity contribution in [3.05, 3.63) is 36.4 Å². The summed E-state index contributed by atoms with van der Waals surface area (Å²) in [5, 5.41) is 16.3. The first-order chi connectivity index (χ1) is 8.25. The predicted molar refractivity (Wildman–Crippen MR) is 60.6 cm³/mol. The van der Waals surface area contributed by atoms with Crippen LogP contribution < -0.4 is 0 Å². The first-order valence-corrected chi connectivity index (χ1v) is 4.95. The fourth-order valence-corrected chi connectivity index (χ4v) is 1.76. The largest absolute Gasteiger partial charge is 0.478 e. The molecule has 0 amide bonds. The number of rotatable bonds is 2. The number of hydrogen-bond acceptors (Lipinski definition) is 3. The molecule has 0 unspecified atom stereocenters. The van der Waals surface area contributed by atoms with Gasteiger partial charge in [-0.1, -0.05) is 0 Å². The molecule has 84 valence electrons. The fraction of sp³-hybridized carbons (Fsp3) is 0. The molecule has 17 heavy (non-hydrogen) atoms. The molecule has 0 radical (unpaired) electrons. The highest BCUT2D eigenvalue weighted by Gasteiger charge is 2.11. The molecule has 3 heterocycles. The third-order valence-corrected chi connectivity index (χ3v) is 2.59. The van der Waals surface area contributed by atoms with Crippen LogP contribution >= 0.6 is 0 Å². The van der Waals surface area contributed by atoms with Gasteiger partial charge < -0.3 is 10.1 Å². The number of carboxylic acids is 1. The second kappa shape index (κ2) is 3.44. The van der Waals surface area contributed by atoms with E-state index in [1.54, 1.807) is 24.7 Å². The molecule has 0 aliphatic carbocycles. The van der Waals surface area contributed by atoms with Crippen molar-refractivity contribution in [2.24, 2.45) is 0 Å². The summed E-state index contributed by atoms with van der Waals surface area (Å²) in [5.74, 6) is -0.987. The average molecular weight is 228 g/mol. The highest BCUT2D eigenvalue weighted by molar-refractivity contribution is 5.98. The number of aromatic nitrogens is 4. The Morgan fingerprint density at radius 3 is 2.88 bits per heavy atom. The summed E-state index contributed by atoms with van der Waals surface area (Å²) in [6.45, 7) is 0. The average Bonchev–Trinajstić information content (AvgIpc) is 2.96. The maximum atomic E-state index is 10.9. The van der Waals surface area contributed by atoms with Gasteiger partial charge in [-0.2, -0.15) is 5.10 Å². The van der Waals surface area contributed by atoms with Gasteiger partial charge >= 0.3 is 5.97 Å². The van der Waals surface area contributed by atoms with Crippen LogP contribution in [0.4, 0.5) is 0 Å². The van der Waals surface area contributed by atoms with E-state index < -0.39 is 5.97 Å². The Balaban J connectivity index is 2.26. The van der Waals surface area contributed by atoms with Crippen molar-refractivity contribution in [3.63, 3.8) is 0 Å². The van der Waals surface area contributed by atoms with Crippen LogP contribution in [0.3, 0.4) is 0 Å². The summed E-state index contributed by atoms with van der Waals surface area (Å²) in [4.78, 5) is 18.0. The third-order valence-electron chi connectivity index (χ3n) is 2.59. The van der Waals surface area contributed by atoms with Crippen molar-refractivity contribution in [1.29, 1.82) is 0 Å². The molecule has 0 atom stereocenters. The van der Waals surface area contributed by atoms with Crippen molar-refractivity contribution < 1.29 is 9.90 Å². The smallest absolute Gasteiger partial charge is 0.337 e. The van der Waals surface area contributed by atoms with E-state index in [4.69, 9.17) is 5.11 Å². The van der Waals surface area contributed by atoms with Gasteiger partial charge in [0.15, 0.2) is 0 Å². The SMILES string of the molecule is O=C(O)c1cnc2[nH]cc(-c3cn[nH]c3)c2c1. The van der Waals surface area contributed by atoms with Gasteiger partial charge in [0.1, 0.15) is 5.65 Å². The van der Waals surface area contributed by atoms with Gasteiger partial charge in [-0.05, 0) is 6.07 Å². The minimum Gasteiger partial charge on any atom is -0.478 e.